The number of carbonyl (C=O) groups is 2. The number of benzene rings is 1. The molecule has 2 rings (SSSR count). The molecule has 0 heterocycles. The number of carbonyl (C=O) groups excluding carboxylic acids is 2. The van der Waals surface area contributed by atoms with Crippen molar-refractivity contribution >= 4 is 23.3 Å². The summed E-state index contributed by atoms with van der Waals surface area (Å²) < 4.78 is 10.0. The Labute approximate surface area is 157 Å². The van der Waals surface area contributed by atoms with E-state index in [1.54, 1.807) is 0 Å². The zero-order chi connectivity index (χ0) is 19.6. The molecule has 9 heteroatoms. The highest BCUT2D eigenvalue weighted by Crippen LogP contribution is 2.23. The summed E-state index contributed by atoms with van der Waals surface area (Å²) >= 11 is 0. The summed E-state index contributed by atoms with van der Waals surface area (Å²) in [7, 11) is 1.54. The second-order valence-electron chi connectivity index (χ2n) is 6.39. The standard InChI is InChI=1S/C18H25N3O6/c1-26-10-9-19-16-8-7-14(21(24)25)11-15(16)18(23)27-12-17(22)20-13-5-3-2-4-6-13/h7-8,11,13,19H,2-6,9-10,12H2,1H3,(H,20,22). The number of ether oxygens (including phenoxy) is 2. The number of amides is 1. The molecular formula is C18H25N3O6. The number of non-ortho nitro benzene ring substituents is 1. The Bertz CT molecular complexity index is 673. The maximum atomic E-state index is 12.4. The molecule has 0 saturated heterocycles. The van der Waals surface area contributed by atoms with Gasteiger partial charge in [-0.15, -0.1) is 0 Å². The van der Waals surface area contributed by atoms with Crippen molar-refractivity contribution in [3.05, 3.63) is 33.9 Å². The highest BCUT2D eigenvalue weighted by atomic mass is 16.6. The van der Waals surface area contributed by atoms with Crippen molar-refractivity contribution in [3.8, 4) is 0 Å². The predicted octanol–water partition coefficient (Wildman–Crippen LogP) is 2.26. The fourth-order valence-corrected chi connectivity index (χ4v) is 2.98. The van der Waals surface area contributed by atoms with Crippen LogP contribution in [0.25, 0.3) is 0 Å². The maximum absolute atomic E-state index is 12.4. The van der Waals surface area contributed by atoms with E-state index in [4.69, 9.17) is 9.47 Å². The molecule has 2 N–H and O–H groups in total. The van der Waals surface area contributed by atoms with Crippen molar-refractivity contribution in [2.24, 2.45) is 0 Å². The summed E-state index contributed by atoms with van der Waals surface area (Å²) in [5.74, 6) is -1.16. The van der Waals surface area contributed by atoms with Crippen molar-refractivity contribution in [3.63, 3.8) is 0 Å². The molecule has 0 bridgehead atoms. The molecule has 1 fully saturated rings. The minimum absolute atomic E-state index is 0.00534. The number of methoxy groups -OCH3 is 1. The lowest BCUT2D eigenvalue weighted by molar-refractivity contribution is -0.384. The van der Waals surface area contributed by atoms with Gasteiger partial charge in [0.15, 0.2) is 6.61 Å². The largest absolute Gasteiger partial charge is 0.452 e. The van der Waals surface area contributed by atoms with Crippen molar-refractivity contribution in [1.29, 1.82) is 0 Å². The first kappa shape index (κ1) is 20.6. The number of hydrogen-bond acceptors (Lipinski definition) is 7. The van der Waals surface area contributed by atoms with Crippen LogP contribution in [0.4, 0.5) is 11.4 Å². The van der Waals surface area contributed by atoms with Crippen LogP contribution in [0.15, 0.2) is 18.2 Å². The molecule has 0 unspecified atom stereocenters. The Balaban J connectivity index is 1.98. The van der Waals surface area contributed by atoms with Crippen LogP contribution in [0, 0.1) is 10.1 Å². The maximum Gasteiger partial charge on any atom is 0.341 e. The van der Waals surface area contributed by atoms with Gasteiger partial charge >= 0.3 is 5.97 Å². The van der Waals surface area contributed by atoms with Gasteiger partial charge in [-0.1, -0.05) is 19.3 Å². The van der Waals surface area contributed by atoms with Gasteiger partial charge in [-0.05, 0) is 18.9 Å². The zero-order valence-corrected chi connectivity index (χ0v) is 15.4. The third-order valence-electron chi connectivity index (χ3n) is 4.36. The van der Waals surface area contributed by atoms with Gasteiger partial charge in [0.1, 0.15) is 0 Å². The lowest BCUT2D eigenvalue weighted by Gasteiger charge is -2.22. The fourth-order valence-electron chi connectivity index (χ4n) is 2.98. The number of anilines is 1. The van der Waals surface area contributed by atoms with E-state index < -0.39 is 17.5 Å². The van der Waals surface area contributed by atoms with Crippen LogP contribution < -0.4 is 10.6 Å². The predicted molar refractivity (Wildman–Crippen MR) is 98.8 cm³/mol. The van der Waals surface area contributed by atoms with Crippen LogP contribution in [0.2, 0.25) is 0 Å². The summed E-state index contributed by atoms with van der Waals surface area (Å²) in [4.78, 5) is 34.8. The van der Waals surface area contributed by atoms with Gasteiger partial charge in [-0.3, -0.25) is 14.9 Å². The van der Waals surface area contributed by atoms with Gasteiger partial charge in [0.25, 0.3) is 11.6 Å². The van der Waals surface area contributed by atoms with Crippen molar-refractivity contribution in [2.75, 3.05) is 32.2 Å². The minimum Gasteiger partial charge on any atom is -0.452 e. The summed E-state index contributed by atoms with van der Waals surface area (Å²) in [6.07, 6.45) is 5.19. The Morgan fingerprint density at radius 2 is 2.00 bits per heavy atom. The Hall–Kier alpha value is -2.68. The van der Waals surface area contributed by atoms with E-state index in [9.17, 15) is 19.7 Å². The van der Waals surface area contributed by atoms with Crippen molar-refractivity contribution in [1.82, 2.24) is 5.32 Å². The van der Waals surface area contributed by atoms with Crippen molar-refractivity contribution < 1.29 is 24.0 Å². The van der Waals surface area contributed by atoms with E-state index in [2.05, 4.69) is 10.6 Å². The van der Waals surface area contributed by atoms with Crippen LogP contribution in [0.1, 0.15) is 42.5 Å². The van der Waals surface area contributed by atoms with Gasteiger partial charge < -0.3 is 20.1 Å². The van der Waals surface area contributed by atoms with Crippen LogP contribution in [-0.4, -0.2) is 49.7 Å². The fraction of sp³-hybridized carbons (Fsp3) is 0.556. The molecule has 27 heavy (non-hydrogen) atoms. The normalized spacial score (nSPS) is 14.4. The third-order valence-corrected chi connectivity index (χ3v) is 4.36. The molecule has 148 valence electrons. The summed E-state index contributed by atoms with van der Waals surface area (Å²) in [6, 6.07) is 3.99. The van der Waals surface area contributed by atoms with Crippen molar-refractivity contribution in [2.45, 2.75) is 38.1 Å². The second kappa shape index (κ2) is 10.5. The second-order valence-corrected chi connectivity index (χ2v) is 6.39. The lowest BCUT2D eigenvalue weighted by Crippen LogP contribution is -2.38. The van der Waals surface area contributed by atoms with Gasteiger partial charge in [-0.25, -0.2) is 4.79 Å². The Morgan fingerprint density at radius 3 is 2.67 bits per heavy atom. The Morgan fingerprint density at radius 1 is 1.26 bits per heavy atom. The molecular weight excluding hydrogens is 354 g/mol. The highest BCUT2D eigenvalue weighted by Gasteiger charge is 2.20. The van der Waals surface area contributed by atoms with Gasteiger partial charge in [0.05, 0.1) is 17.1 Å². The third kappa shape index (κ3) is 6.52. The number of nitrogens with one attached hydrogen (secondary N) is 2. The minimum atomic E-state index is -0.794. The lowest BCUT2D eigenvalue weighted by atomic mass is 9.95. The molecule has 0 aromatic heterocycles. The zero-order valence-electron chi connectivity index (χ0n) is 15.4. The average molecular weight is 379 g/mol. The summed E-state index contributed by atoms with van der Waals surface area (Å²) in [5.41, 5.74) is 0.159. The van der Waals surface area contributed by atoms with E-state index >= 15 is 0 Å². The number of nitro groups is 1. The van der Waals surface area contributed by atoms with Crippen LogP contribution >= 0.6 is 0 Å². The molecule has 0 radical (unpaired) electrons. The first-order valence-electron chi connectivity index (χ1n) is 8.99. The molecule has 0 atom stereocenters. The topological polar surface area (TPSA) is 120 Å². The molecule has 0 aliphatic heterocycles. The SMILES string of the molecule is COCCNc1ccc([N+](=O)[O-])cc1C(=O)OCC(=O)NC1CCCCC1. The molecule has 0 spiro atoms. The van der Waals surface area contributed by atoms with Crippen LogP contribution in [-0.2, 0) is 14.3 Å². The van der Waals surface area contributed by atoms with E-state index in [-0.39, 0.29) is 23.2 Å². The Kier molecular flexibility index (Phi) is 8.00. The van der Waals surface area contributed by atoms with Crippen LogP contribution in [0.3, 0.4) is 0 Å². The van der Waals surface area contributed by atoms with Gasteiger partial charge in [0, 0.05) is 37.5 Å². The molecule has 1 amide bonds. The van der Waals surface area contributed by atoms with E-state index in [0.717, 1.165) is 31.7 Å². The number of nitrogens with zero attached hydrogens (tertiary/aromatic N) is 1. The smallest absolute Gasteiger partial charge is 0.341 e. The molecule has 1 saturated carbocycles. The molecule has 9 nitrogen and oxygen atoms in total. The number of nitro benzene ring substituents is 1. The van der Waals surface area contributed by atoms with Gasteiger partial charge in [0.2, 0.25) is 0 Å². The average Bonchev–Trinajstić information content (AvgIpc) is 2.67. The molecule has 1 aliphatic rings. The van der Waals surface area contributed by atoms with E-state index in [1.165, 1.54) is 25.7 Å². The monoisotopic (exact) mass is 379 g/mol. The summed E-state index contributed by atoms with van der Waals surface area (Å²) in [6.45, 7) is 0.390. The molecule has 1 aliphatic carbocycles. The number of hydrogen-bond donors (Lipinski definition) is 2. The summed E-state index contributed by atoms with van der Waals surface area (Å²) in [5, 5.41) is 16.8. The first-order chi connectivity index (χ1) is 13.0. The van der Waals surface area contributed by atoms with E-state index in [0.29, 0.717) is 18.8 Å². The molecule has 1 aromatic carbocycles. The molecule has 1 aromatic rings. The quantitative estimate of drug-likeness (QED) is 0.292. The first-order valence-corrected chi connectivity index (χ1v) is 8.99. The number of rotatable bonds is 9. The highest BCUT2D eigenvalue weighted by molar-refractivity contribution is 5.97. The number of esters is 1. The van der Waals surface area contributed by atoms with E-state index in [1.807, 2.05) is 0 Å². The van der Waals surface area contributed by atoms with Crippen LogP contribution in [0.5, 0.6) is 0 Å². The van der Waals surface area contributed by atoms with Gasteiger partial charge in [-0.2, -0.15) is 0 Å².